The number of hydrogen-bond acceptors (Lipinski definition) is 7. The van der Waals surface area contributed by atoms with Crippen LogP contribution in [0.1, 0.15) is 56.1 Å². The van der Waals surface area contributed by atoms with Gasteiger partial charge >= 0.3 is 11.9 Å². The standard InChI is InChI=1S/C35H32IN3O7/c1-4-43-32-18-25(17-30(36)33(32)45-20-24-6-5-7-26(16-24)35(41)42)19-37-38-34(40)31-15-14-29(46-31)21-44-28-12-10-27(11-13-28)39-22(2)8-9-23(39)3/h5-19H,4,20-21H2,1-3H3,(H,38,40)(H,41,42)/b37-19+. The molecule has 5 aromatic rings. The van der Waals surface area contributed by atoms with Crippen molar-refractivity contribution in [1.29, 1.82) is 0 Å². The maximum Gasteiger partial charge on any atom is 0.335 e. The van der Waals surface area contributed by atoms with Crippen LogP contribution in [0.4, 0.5) is 0 Å². The zero-order valence-corrected chi connectivity index (χ0v) is 27.6. The summed E-state index contributed by atoms with van der Waals surface area (Å²) in [7, 11) is 0. The highest BCUT2D eigenvalue weighted by Gasteiger charge is 2.14. The molecular weight excluding hydrogens is 701 g/mol. The summed E-state index contributed by atoms with van der Waals surface area (Å²) in [6, 6.07) is 25.4. The summed E-state index contributed by atoms with van der Waals surface area (Å²) in [5.41, 5.74) is 7.43. The molecular formula is C35H32IN3O7. The molecule has 2 N–H and O–H groups in total. The Kier molecular flexibility index (Phi) is 10.4. The van der Waals surface area contributed by atoms with Crippen LogP contribution in [0.15, 0.2) is 94.4 Å². The second-order valence-electron chi connectivity index (χ2n) is 10.3. The normalized spacial score (nSPS) is 11.0. The van der Waals surface area contributed by atoms with E-state index in [9.17, 15) is 14.7 Å². The number of carbonyl (C=O) groups is 2. The molecule has 11 heteroatoms. The molecule has 0 spiro atoms. The Morgan fingerprint density at radius 3 is 2.41 bits per heavy atom. The van der Waals surface area contributed by atoms with Gasteiger partial charge in [-0.1, -0.05) is 12.1 Å². The van der Waals surface area contributed by atoms with Gasteiger partial charge in [0.2, 0.25) is 0 Å². The first-order chi connectivity index (χ1) is 22.2. The van der Waals surface area contributed by atoms with Crippen LogP contribution < -0.4 is 19.6 Å². The van der Waals surface area contributed by atoms with Crippen molar-refractivity contribution in [2.45, 2.75) is 34.0 Å². The zero-order valence-electron chi connectivity index (χ0n) is 25.5. The number of amides is 1. The third-order valence-corrected chi connectivity index (χ3v) is 7.70. The van der Waals surface area contributed by atoms with Crippen molar-refractivity contribution < 1.29 is 33.3 Å². The second kappa shape index (κ2) is 14.8. The minimum Gasteiger partial charge on any atom is -0.490 e. The third kappa shape index (κ3) is 7.96. The van der Waals surface area contributed by atoms with E-state index in [2.05, 4.69) is 63.7 Å². The zero-order chi connectivity index (χ0) is 32.6. The lowest BCUT2D eigenvalue weighted by Gasteiger charge is -2.15. The van der Waals surface area contributed by atoms with Gasteiger partial charge in [-0.15, -0.1) is 0 Å². The van der Waals surface area contributed by atoms with Crippen molar-refractivity contribution in [1.82, 2.24) is 9.99 Å². The van der Waals surface area contributed by atoms with Gasteiger partial charge in [0.1, 0.15) is 24.7 Å². The Hall–Kier alpha value is -5.04. The molecule has 0 saturated carbocycles. The molecule has 0 unspecified atom stereocenters. The monoisotopic (exact) mass is 733 g/mol. The van der Waals surface area contributed by atoms with Gasteiger partial charge in [-0.25, -0.2) is 10.2 Å². The van der Waals surface area contributed by atoms with Crippen molar-refractivity contribution in [3.05, 3.63) is 128 Å². The number of rotatable bonds is 13. The molecule has 0 bridgehead atoms. The summed E-state index contributed by atoms with van der Waals surface area (Å²) in [5.74, 6) is 0.797. The average Bonchev–Trinajstić information content (AvgIpc) is 3.66. The molecule has 3 aromatic carbocycles. The predicted octanol–water partition coefficient (Wildman–Crippen LogP) is 7.31. The largest absolute Gasteiger partial charge is 0.490 e. The quantitative estimate of drug-likeness (QED) is 0.0739. The SMILES string of the molecule is CCOc1cc(/C=N/NC(=O)c2ccc(COc3ccc(-n4c(C)ccc4C)cc3)o2)cc(I)c1OCc1cccc(C(=O)O)c1. The number of aromatic nitrogens is 1. The highest BCUT2D eigenvalue weighted by Crippen LogP contribution is 2.34. The van der Waals surface area contributed by atoms with E-state index in [0.29, 0.717) is 40.7 Å². The van der Waals surface area contributed by atoms with Crippen LogP contribution in [-0.2, 0) is 13.2 Å². The highest BCUT2D eigenvalue weighted by atomic mass is 127. The number of nitrogens with one attached hydrogen (secondary N) is 1. The van der Waals surface area contributed by atoms with E-state index in [1.807, 2.05) is 37.3 Å². The Labute approximate surface area is 279 Å². The summed E-state index contributed by atoms with van der Waals surface area (Å²) < 4.78 is 26.3. The number of aryl methyl sites for hydroxylation is 2. The number of carboxylic acid groups (broad SMARTS) is 1. The lowest BCUT2D eigenvalue weighted by Crippen LogP contribution is -2.16. The molecule has 236 valence electrons. The number of benzene rings is 3. The molecule has 10 nitrogen and oxygen atoms in total. The third-order valence-electron chi connectivity index (χ3n) is 6.90. The highest BCUT2D eigenvalue weighted by molar-refractivity contribution is 14.1. The average molecular weight is 734 g/mol. The van der Waals surface area contributed by atoms with Crippen LogP contribution in [0.5, 0.6) is 17.2 Å². The van der Waals surface area contributed by atoms with Crippen LogP contribution in [-0.4, -0.2) is 34.4 Å². The topological polar surface area (TPSA) is 125 Å². The van der Waals surface area contributed by atoms with Crippen molar-refractivity contribution >= 4 is 40.7 Å². The van der Waals surface area contributed by atoms with Crippen LogP contribution >= 0.6 is 22.6 Å². The fourth-order valence-electron chi connectivity index (χ4n) is 4.73. The molecule has 0 atom stereocenters. The lowest BCUT2D eigenvalue weighted by molar-refractivity contribution is 0.0696. The minimum absolute atomic E-state index is 0.102. The van der Waals surface area contributed by atoms with Crippen LogP contribution in [0.25, 0.3) is 5.69 Å². The first-order valence-electron chi connectivity index (χ1n) is 14.4. The van der Waals surface area contributed by atoms with E-state index in [-0.39, 0.29) is 24.5 Å². The van der Waals surface area contributed by atoms with E-state index in [4.69, 9.17) is 18.6 Å². The Morgan fingerprint density at radius 1 is 0.935 bits per heavy atom. The van der Waals surface area contributed by atoms with Gasteiger partial charge in [0, 0.05) is 17.1 Å². The minimum atomic E-state index is -1.00. The van der Waals surface area contributed by atoms with Gasteiger partial charge in [0.25, 0.3) is 0 Å². The molecule has 1 amide bonds. The molecule has 0 saturated heterocycles. The van der Waals surface area contributed by atoms with E-state index in [1.54, 1.807) is 36.4 Å². The molecule has 0 aliphatic rings. The number of aromatic carboxylic acids is 1. The Bertz CT molecular complexity index is 1860. The number of nitrogens with zero attached hydrogens (tertiary/aromatic N) is 2. The number of carboxylic acids is 1. The summed E-state index contributed by atoms with van der Waals surface area (Å²) in [4.78, 5) is 23.9. The van der Waals surface area contributed by atoms with Gasteiger partial charge in [-0.3, -0.25) is 4.79 Å². The predicted molar refractivity (Wildman–Crippen MR) is 181 cm³/mol. The van der Waals surface area contributed by atoms with E-state index >= 15 is 0 Å². The lowest BCUT2D eigenvalue weighted by atomic mass is 10.1. The smallest absolute Gasteiger partial charge is 0.335 e. The maximum atomic E-state index is 12.7. The number of ether oxygens (including phenoxy) is 3. The molecule has 0 fully saturated rings. The fraction of sp³-hybridized carbons (Fsp3) is 0.171. The van der Waals surface area contributed by atoms with Gasteiger partial charge in [0.05, 0.1) is 22.0 Å². The van der Waals surface area contributed by atoms with Gasteiger partial charge in [0.15, 0.2) is 17.3 Å². The van der Waals surface area contributed by atoms with Crippen LogP contribution in [0, 0.1) is 17.4 Å². The number of halogens is 1. The molecule has 2 aromatic heterocycles. The first-order valence-corrected chi connectivity index (χ1v) is 15.5. The first kappa shape index (κ1) is 32.4. The molecule has 0 aliphatic heterocycles. The van der Waals surface area contributed by atoms with E-state index in [1.165, 1.54) is 12.3 Å². The van der Waals surface area contributed by atoms with Crippen molar-refractivity contribution in [3.8, 4) is 22.9 Å². The number of carbonyl (C=O) groups excluding carboxylic acids is 1. The van der Waals surface area contributed by atoms with Gasteiger partial charge in [-0.05, 0) is 127 Å². The van der Waals surface area contributed by atoms with Crippen LogP contribution in [0.3, 0.4) is 0 Å². The van der Waals surface area contributed by atoms with Gasteiger partial charge in [-0.2, -0.15) is 5.10 Å². The van der Waals surface area contributed by atoms with Crippen molar-refractivity contribution in [2.24, 2.45) is 5.10 Å². The number of hydrogen-bond donors (Lipinski definition) is 2. The number of hydrazone groups is 1. The molecule has 0 radical (unpaired) electrons. The maximum absolute atomic E-state index is 12.7. The molecule has 2 heterocycles. The Morgan fingerprint density at radius 2 is 1.70 bits per heavy atom. The van der Waals surface area contributed by atoms with Crippen LogP contribution in [0.2, 0.25) is 0 Å². The fourth-order valence-corrected chi connectivity index (χ4v) is 5.52. The Balaban J connectivity index is 1.16. The van der Waals surface area contributed by atoms with Crippen molar-refractivity contribution in [3.63, 3.8) is 0 Å². The van der Waals surface area contributed by atoms with Gasteiger partial charge < -0.3 is 28.3 Å². The number of furan rings is 1. The summed E-state index contributed by atoms with van der Waals surface area (Å²) >= 11 is 2.13. The molecule has 0 aliphatic carbocycles. The van der Waals surface area contributed by atoms with E-state index in [0.717, 1.165) is 20.6 Å². The summed E-state index contributed by atoms with van der Waals surface area (Å²) in [5, 5.41) is 13.3. The van der Waals surface area contributed by atoms with Crippen molar-refractivity contribution in [2.75, 3.05) is 6.61 Å². The summed E-state index contributed by atoms with van der Waals surface area (Å²) in [6.07, 6.45) is 1.50. The molecule has 5 rings (SSSR count). The second-order valence-corrected chi connectivity index (χ2v) is 11.4. The summed E-state index contributed by atoms with van der Waals surface area (Å²) in [6.45, 7) is 6.72. The van der Waals surface area contributed by atoms with E-state index < -0.39 is 11.9 Å². The molecule has 46 heavy (non-hydrogen) atoms.